The summed E-state index contributed by atoms with van der Waals surface area (Å²) in [6, 6.07) is 17.7. The lowest BCUT2D eigenvalue weighted by molar-refractivity contribution is -0.385. The Kier molecular flexibility index (Phi) is 8.31. The Balaban J connectivity index is 1.64. The molecule has 1 amide bonds. The van der Waals surface area contributed by atoms with Crippen LogP contribution in [0.2, 0.25) is 5.02 Å². The van der Waals surface area contributed by atoms with Gasteiger partial charge in [-0.1, -0.05) is 29.8 Å². The molecule has 0 bridgehead atoms. The molecule has 11 heteroatoms. The zero-order chi connectivity index (χ0) is 25.6. The minimum Gasteiger partial charge on any atom is -0.492 e. The van der Waals surface area contributed by atoms with Crippen molar-refractivity contribution in [1.82, 2.24) is 5.32 Å². The predicted molar refractivity (Wildman–Crippen MR) is 135 cm³/mol. The van der Waals surface area contributed by atoms with E-state index in [4.69, 9.17) is 16.3 Å². The highest BCUT2D eigenvalue weighted by Gasteiger charge is 2.24. The lowest BCUT2D eigenvalue weighted by atomic mass is 10.1. The Morgan fingerprint density at radius 2 is 1.74 bits per heavy atom. The summed E-state index contributed by atoms with van der Waals surface area (Å²) in [7, 11) is -3.74. The van der Waals surface area contributed by atoms with Crippen molar-refractivity contribution in [1.29, 1.82) is 0 Å². The number of halogens is 1. The average Bonchev–Trinajstić information content (AvgIpc) is 2.81. The van der Waals surface area contributed by atoms with Crippen LogP contribution in [0.5, 0.6) is 5.75 Å². The third-order valence-electron chi connectivity index (χ3n) is 5.15. The van der Waals surface area contributed by atoms with Gasteiger partial charge in [-0.15, -0.1) is 0 Å². The summed E-state index contributed by atoms with van der Waals surface area (Å²) in [5, 5.41) is 14.6. The van der Waals surface area contributed by atoms with Gasteiger partial charge in [-0.25, -0.2) is 8.42 Å². The second-order valence-corrected chi connectivity index (χ2v) is 10.0. The van der Waals surface area contributed by atoms with Crippen LogP contribution in [0, 0.1) is 17.0 Å². The van der Waals surface area contributed by atoms with Crippen molar-refractivity contribution in [3.05, 3.63) is 98.6 Å². The number of nitrogens with zero attached hydrogens (tertiary/aromatic N) is 2. The molecule has 0 radical (unpaired) electrons. The summed E-state index contributed by atoms with van der Waals surface area (Å²) >= 11 is 5.83. The molecule has 0 aliphatic carbocycles. The van der Waals surface area contributed by atoms with Crippen LogP contribution in [-0.4, -0.2) is 38.7 Å². The molecule has 3 aromatic rings. The van der Waals surface area contributed by atoms with E-state index >= 15 is 0 Å². The number of sulfonamides is 1. The number of amides is 1. The van der Waals surface area contributed by atoms with E-state index in [1.54, 1.807) is 48.5 Å². The van der Waals surface area contributed by atoms with Crippen molar-refractivity contribution in [3.63, 3.8) is 0 Å². The Hall–Kier alpha value is -3.63. The number of rotatable bonds is 10. The van der Waals surface area contributed by atoms with Crippen LogP contribution >= 0.6 is 11.6 Å². The molecule has 0 atom stereocenters. The highest BCUT2D eigenvalue weighted by Crippen LogP contribution is 2.31. The number of nitrogens with one attached hydrogen (secondary N) is 1. The van der Waals surface area contributed by atoms with E-state index in [9.17, 15) is 23.3 Å². The second kappa shape index (κ2) is 11.2. The molecule has 0 aliphatic rings. The van der Waals surface area contributed by atoms with Gasteiger partial charge in [-0.2, -0.15) is 0 Å². The zero-order valence-electron chi connectivity index (χ0n) is 19.1. The Morgan fingerprint density at radius 3 is 2.34 bits per heavy atom. The third-order valence-corrected chi connectivity index (χ3v) is 6.53. The first kappa shape index (κ1) is 26.0. The molecule has 0 fully saturated rings. The number of nitro groups is 1. The summed E-state index contributed by atoms with van der Waals surface area (Å²) in [4.78, 5) is 23.1. The van der Waals surface area contributed by atoms with E-state index in [1.807, 2.05) is 0 Å². The molecular formula is C24H24ClN3O6S. The van der Waals surface area contributed by atoms with Crippen LogP contribution in [0.3, 0.4) is 0 Å². The van der Waals surface area contributed by atoms with Crippen molar-refractivity contribution >= 4 is 38.9 Å². The van der Waals surface area contributed by atoms with Gasteiger partial charge in [0, 0.05) is 16.7 Å². The minimum atomic E-state index is -3.74. The molecule has 0 spiro atoms. The number of nitro benzene ring substituents is 1. The fourth-order valence-electron chi connectivity index (χ4n) is 3.35. The first-order chi connectivity index (χ1) is 16.6. The van der Waals surface area contributed by atoms with Crippen LogP contribution in [0.4, 0.5) is 11.4 Å². The highest BCUT2D eigenvalue weighted by atomic mass is 35.5. The lowest BCUT2D eigenvalue weighted by Gasteiger charge is -2.24. The zero-order valence-corrected chi connectivity index (χ0v) is 20.7. The number of hydrogen-bond acceptors (Lipinski definition) is 6. The largest absolute Gasteiger partial charge is 0.492 e. The van der Waals surface area contributed by atoms with Gasteiger partial charge in [0.05, 0.1) is 35.5 Å². The first-order valence-electron chi connectivity index (χ1n) is 10.5. The van der Waals surface area contributed by atoms with Crippen molar-refractivity contribution in [3.8, 4) is 5.75 Å². The van der Waals surface area contributed by atoms with Gasteiger partial charge in [0.1, 0.15) is 12.4 Å². The number of carbonyl (C=O) groups is 1. The van der Waals surface area contributed by atoms with E-state index in [1.165, 1.54) is 25.1 Å². The summed E-state index contributed by atoms with van der Waals surface area (Å²) < 4.78 is 31.6. The fraction of sp³-hybridized carbons (Fsp3) is 0.208. The molecule has 184 valence electrons. The summed E-state index contributed by atoms with van der Waals surface area (Å²) in [5.74, 6) is 0.341. The molecule has 3 rings (SSSR count). The van der Waals surface area contributed by atoms with Gasteiger partial charge < -0.3 is 10.1 Å². The van der Waals surface area contributed by atoms with E-state index in [0.29, 0.717) is 21.9 Å². The van der Waals surface area contributed by atoms with Crippen molar-refractivity contribution in [2.24, 2.45) is 0 Å². The molecule has 0 aliphatic heterocycles. The molecule has 3 aromatic carbocycles. The molecule has 0 unspecified atom stereocenters. The maximum absolute atomic E-state index is 12.5. The Morgan fingerprint density at radius 1 is 1.09 bits per heavy atom. The number of ether oxygens (including phenoxy) is 1. The van der Waals surface area contributed by atoms with Crippen LogP contribution in [0.15, 0.2) is 66.7 Å². The van der Waals surface area contributed by atoms with Crippen molar-refractivity contribution in [2.75, 3.05) is 23.7 Å². The molecule has 9 nitrogen and oxygen atoms in total. The molecule has 0 saturated heterocycles. The average molecular weight is 518 g/mol. The quantitative estimate of drug-likeness (QED) is 0.243. The van der Waals surface area contributed by atoms with Gasteiger partial charge in [0.25, 0.3) is 11.6 Å². The SMILES string of the molecule is Cc1c(N(Cc2ccc(C(=O)NCCOc3ccc(Cl)cc3)cc2)S(C)(=O)=O)cccc1[N+](=O)[O-]. The van der Waals surface area contributed by atoms with Gasteiger partial charge in [-0.3, -0.25) is 19.2 Å². The Labute approximate surface area is 208 Å². The van der Waals surface area contributed by atoms with Crippen molar-refractivity contribution in [2.45, 2.75) is 13.5 Å². The Bertz CT molecular complexity index is 1310. The van der Waals surface area contributed by atoms with Gasteiger partial charge in [0.2, 0.25) is 10.0 Å². The smallest absolute Gasteiger partial charge is 0.274 e. The van der Waals surface area contributed by atoms with Crippen molar-refractivity contribution < 1.29 is 22.9 Å². The van der Waals surface area contributed by atoms with Crippen LogP contribution in [0.1, 0.15) is 21.5 Å². The van der Waals surface area contributed by atoms with Gasteiger partial charge in [-0.05, 0) is 55.0 Å². The monoisotopic (exact) mass is 517 g/mol. The summed E-state index contributed by atoms with van der Waals surface area (Å²) in [6.45, 7) is 2.03. The van der Waals surface area contributed by atoms with E-state index in [0.717, 1.165) is 10.6 Å². The first-order valence-corrected chi connectivity index (χ1v) is 12.8. The van der Waals surface area contributed by atoms with Crippen LogP contribution in [0.25, 0.3) is 0 Å². The molecule has 0 aromatic heterocycles. The lowest BCUT2D eigenvalue weighted by Crippen LogP contribution is -2.30. The normalized spacial score (nSPS) is 11.1. The number of hydrogen-bond donors (Lipinski definition) is 1. The van der Waals surface area contributed by atoms with Crippen LogP contribution in [-0.2, 0) is 16.6 Å². The maximum atomic E-state index is 12.5. The second-order valence-electron chi connectivity index (χ2n) is 7.70. The topological polar surface area (TPSA) is 119 Å². The standard InChI is InChI=1S/C24H24ClN3O6S/c1-17-22(4-3-5-23(17)28(30)31)27(35(2,32)33)16-18-6-8-19(9-7-18)24(29)26-14-15-34-21-12-10-20(25)11-13-21/h3-13H,14-16H2,1-2H3,(H,26,29). The maximum Gasteiger partial charge on any atom is 0.274 e. The molecule has 0 saturated carbocycles. The van der Waals surface area contributed by atoms with Crippen LogP contribution < -0.4 is 14.4 Å². The highest BCUT2D eigenvalue weighted by molar-refractivity contribution is 7.92. The third kappa shape index (κ3) is 6.93. The molecular weight excluding hydrogens is 494 g/mol. The fourth-order valence-corrected chi connectivity index (χ4v) is 4.42. The summed E-state index contributed by atoms with van der Waals surface area (Å²) in [6.07, 6.45) is 1.04. The predicted octanol–water partition coefficient (Wildman–Crippen LogP) is 4.33. The summed E-state index contributed by atoms with van der Waals surface area (Å²) in [5.41, 5.74) is 1.33. The number of carbonyl (C=O) groups excluding carboxylic acids is 1. The number of anilines is 1. The minimum absolute atomic E-state index is 0.0440. The van der Waals surface area contributed by atoms with E-state index < -0.39 is 14.9 Å². The molecule has 0 heterocycles. The van der Waals surface area contributed by atoms with E-state index in [2.05, 4.69) is 5.32 Å². The van der Waals surface area contributed by atoms with Gasteiger partial charge >= 0.3 is 0 Å². The number of benzene rings is 3. The van der Waals surface area contributed by atoms with Gasteiger partial charge in [0.15, 0.2) is 0 Å². The van der Waals surface area contributed by atoms with E-state index in [-0.39, 0.29) is 42.5 Å². The molecule has 1 N–H and O–H groups in total. The molecule has 35 heavy (non-hydrogen) atoms.